The summed E-state index contributed by atoms with van der Waals surface area (Å²) in [5, 5.41) is 16.7. The van der Waals surface area contributed by atoms with Crippen molar-refractivity contribution in [1.29, 1.82) is 0 Å². The van der Waals surface area contributed by atoms with E-state index in [1.807, 2.05) is 6.92 Å². The Morgan fingerprint density at radius 1 is 1.29 bits per heavy atom. The molecule has 0 saturated heterocycles. The van der Waals surface area contributed by atoms with Crippen LogP contribution in [0, 0.1) is 5.92 Å². The number of ketones is 1. The molecule has 0 radical (unpaired) electrons. The molecule has 0 spiro atoms. The average molecular weight is 204 g/mol. The van der Waals surface area contributed by atoms with Gasteiger partial charge in [-0.15, -0.1) is 0 Å². The minimum Gasteiger partial charge on any atom is -0.481 e. The molecule has 2 atom stereocenters. The third-order valence-corrected chi connectivity index (χ3v) is 1.69. The molecule has 84 valence electrons. The van der Waals surface area contributed by atoms with Gasteiger partial charge in [0, 0.05) is 0 Å². The zero-order valence-electron chi connectivity index (χ0n) is 9.28. The molecule has 0 aromatic carbocycles. The molecule has 4 nitrogen and oxygen atoms in total. The largest absolute Gasteiger partial charge is 0.481 e. The lowest BCUT2D eigenvalue weighted by atomic mass is 10.1. The molecule has 4 heteroatoms. The third kappa shape index (κ3) is 11.1. The Morgan fingerprint density at radius 2 is 1.71 bits per heavy atom. The standard InChI is InChI=1S/C5H8O3.C5H12O/c1-3(4(2)6)5(7)8;1-3-4-5(2)6/h3H,1-2H3,(H,7,8);5-6H,3-4H2,1-2H3. The first-order valence-electron chi connectivity index (χ1n) is 4.74. The number of hydrogen-bond donors (Lipinski definition) is 2. The minimum atomic E-state index is -1.06. The van der Waals surface area contributed by atoms with Gasteiger partial charge in [-0.2, -0.15) is 0 Å². The molecule has 0 amide bonds. The Hall–Kier alpha value is -0.900. The van der Waals surface area contributed by atoms with Gasteiger partial charge in [0.1, 0.15) is 11.7 Å². The number of aliphatic hydroxyl groups is 1. The second-order valence-corrected chi connectivity index (χ2v) is 3.31. The molecular formula is C10H20O4. The molecule has 0 aromatic rings. The Kier molecular flexibility index (Phi) is 9.66. The Balaban J connectivity index is 0. The van der Waals surface area contributed by atoms with Crippen molar-refractivity contribution in [3.05, 3.63) is 0 Å². The molecule has 0 saturated carbocycles. The summed E-state index contributed by atoms with van der Waals surface area (Å²) in [4.78, 5) is 20.1. The fourth-order valence-electron chi connectivity index (χ4n) is 0.592. The number of aliphatic hydroxyl groups excluding tert-OH is 1. The topological polar surface area (TPSA) is 74.6 Å². The number of Topliss-reactive ketones (excluding diaryl/α,β-unsaturated/α-hetero) is 1. The van der Waals surface area contributed by atoms with Gasteiger partial charge in [0.15, 0.2) is 0 Å². The monoisotopic (exact) mass is 204 g/mol. The predicted molar refractivity (Wildman–Crippen MR) is 54.1 cm³/mol. The molecule has 0 aliphatic rings. The first-order valence-corrected chi connectivity index (χ1v) is 4.74. The number of carbonyl (C=O) groups is 2. The van der Waals surface area contributed by atoms with Gasteiger partial charge < -0.3 is 10.2 Å². The molecule has 2 N–H and O–H groups in total. The van der Waals surface area contributed by atoms with Crippen molar-refractivity contribution >= 4 is 11.8 Å². The molecular weight excluding hydrogens is 184 g/mol. The van der Waals surface area contributed by atoms with Crippen molar-refractivity contribution in [2.45, 2.75) is 46.6 Å². The van der Waals surface area contributed by atoms with Crippen LogP contribution in [0.3, 0.4) is 0 Å². The molecule has 0 aliphatic carbocycles. The second-order valence-electron chi connectivity index (χ2n) is 3.31. The van der Waals surface area contributed by atoms with Crippen LogP contribution in [0.15, 0.2) is 0 Å². The maximum atomic E-state index is 10.2. The summed E-state index contributed by atoms with van der Waals surface area (Å²) in [7, 11) is 0. The highest BCUT2D eigenvalue weighted by Gasteiger charge is 2.14. The number of carboxylic acid groups (broad SMARTS) is 1. The molecule has 0 bridgehead atoms. The van der Waals surface area contributed by atoms with Gasteiger partial charge in [-0.1, -0.05) is 13.3 Å². The van der Waals surface area contributed by atoms with Gasteiger partial charge in [0.2, 0.25) is 0 Å². The summed E-state index contributed by atoms with van der Waals surface area (Å²) < 4.78 is 0. The summed E-state index contributed by atoms with van der Waals surface area (Å²) in [6.45, 7) is 6.50. The molecule has 14 heavy (non-hydrogen) atoms. The van der Waals surface area contributed by atoms with Crippen molar-refractivity contribution in [2.24, 2.45) is 5.92 Å². The highest BCUT2D eigenvalue weighted by atomic mass is 16.4. The summed E-state index contributed by atoms with van der Waals surface area (Å²) in [5.41, 5.74) is 0. The van der Waals surface area contributed by atoms with Crippen LogP contribution < -0.4 is 0 Å². The fraction of sp³-hybridized carbons (Fsp3) is 0.800. The van der Waals surface area contributed by atoms with E-state index in [0.29, 0.717) is 0 Å². The molecule has 0 rings (SSSR count). The van der Waals surface area contributed by atoms with Gasteiger partial charge in [-0.3, -0.25) is 9.59 Å². The van der Waals surface area contributed by atoms with E-state index in [2.05, 4.69) is 6.92 Å². The zero-order chi connectivity index (χ0) is 11.7. The highest BCUT2D eigenvalue weighted by molar-refractivity contribution is 5.96. The highest BCUT2D eigenvalue weighted by Crippen LogP contribution is 1.93. The smallest absolute Gasteiger partial charge is 0.313 e. The van der Waals surface area contributed by atoms with Gasteiger partial charge in [-0.05, 0) is 27.2 Å². The Morgan fingerprint density at radius 3 is 1.71 bits per heavy atom. The van der Waals surface area contributed by atoms with Crippen LogP contribution in [0.5, 0.6) is 0 Å². The van der Waals surface area contributed by atoms with Gasteiger partial charge in [0.05, 0.1) is 6.10 Å². The first kappa shape index (κ1) is 15.6. The lowest BCUT2D eigenvalue weighted by molar-refractivity contribution is -0.144. The van der Waals surface area contributed by atoms with Gasteiger partial charge in [-0.25, -0.2) is 0 Å². The van der Waals surface area contributed by atoms with E-state index in [4.69, 9.17) is 10.2 Å². The molecule has 2 unspecified atom stereocenters. The van der Waals surface area contributed by atoms with E-state index in [1.165, 1.54) is 13.8 Å². The van der Waals surface area contributed by atoms with E-state index in [1.54, 1.807) is 0 Å². The second kappa shape index (κ2) is 8.69. The number of carboxylic acids is 1. The Bertz CT molecular complexity index is 161. The van der Waals surface area contributed by atoms with Crippen LogP contribution in [0.25, 0.3) is 0 Å². The van der Waals surface area contributed by atoms with Crippen molar-refractivity contribution in [1.82, 2.24) is 0 Å². The Labute approximate surface area is 84.9 Å². The lowest BCUT2D eigenvalue weighted by Crippen LogP contribution is -2.16. The van der Waals surface area contributed by atoms with Crippen molar-refractivity contribution < 1.29 is 19.8 Å². The summed E-state index contributed by atoms with van der Waals surface area (Å²) in [6, 6.07) is 0. The number of rotatable bonds is 4. The minimum absolute atomic E-state index is 0.102. The van der Waals surface area contributed by atoms with Crippen molar-refractivity contribution in [2.75, 3.05) is 0 Å². The summed E-state index contributed by atoms with van der Waals surface area (Å²) in [6.07, 6.45) is 1.91. The van der Waals surface area contributed by atoms with Gasteiger partial charge in [0.25, 0.3) is 0 Å². The van der Waals surface area contributed by atoms with E-state index in [-0.39, 0.29) is 11.9 Å². The van der Waals surface area contributed by atoms with E-state index < -0.39 is 11.9 Å². The third-order valence-electron chi connectivity index (χ3n) is 1.69. The van der Waals surface area contributed by atoms with Crippen LogP contribution in [0.2, 0.25) is 0 Å². The van der Waals surface area contributed by atoms with E-state index in [9.17, 15) is 9.59 Å². The van der Waals surface area contributed by atoms with Crippen molar-refractivity contribution in [3.8, 4) is 0 Å². The molecule has 0 heterocycles. The number of hydrogen-bond acceptors (Lipinski definition) is 3. The van der Waals surface area contributed by atoms with E-state index in [0.717, 1.165) is 12.8 Å². The molecule has 0 aliphatic heterocycles. The van der Waals surface area contributed by atoms with Crippen LogP contribution in [0.4, 0.5) is 0 Å². The number of aliphatic carboxylic acids is 1. The van der Waals surface area contributed by atoms with Crippen molar-refractivity contribution in [3.63, 3.8) is 0 Å². The van der Waals surface area contributed by atoms with Crippen LogP contribution in [-0.2, 0) is 9.59 Å². The number of carbonyl (C=O) groups excluding carboxylic acids is 1. The van der Waals surface area contributed by atoms with Crippen LogP contribution in [0.1, 0.15) is 40.5 Å². The average Bonchev–Trinajstić information content (AvgIpc) is 2.03. The summed E-state index contributed by atoms with van der Waals surface area (Å²) in [5.74, 6) is -2.22. The van der Waals surface area contributed by atoms with Gasteiger partial charge >= 0.3 is 5.97 Å². The maximum Gasteiger partial charge on any atom is 0.313 e. The molecule has 0 aromatic heterocycles. The molecule has 0 fully saturated rings. The van der Waals surface area contributed by atoms with E-state index >= 15 is 0 Å². The lowest BCUT2D eigenvalue weighted by Gasteiger charge is -1.96. The van der Waals surface area contributed by atoms with Crippen LogP contribution >= 0.6 is 0 Å². The predicted octanol–water partition coefficient (Wildman–Crippen LogP) is 1.46. The summed E-state index contributed by atoms with van der Waals surface area (Å²) >= 11 is 0. The normalized spacial score (nSPS) is 13.5. The quantitative estimate of drug-likeness (QED) is 0.680. The SMILES string of the molecule is CC(=O)C(C)C(=O)O.CCCC(C)O. The fourth-order valence-corrected chi connectivity index (χ4v) is 0.592. The zero-order valence-corrected chi connectivity index (χ0v) is 9.28. The van der Waals surface area contributed by atoms with Crippen LogP contribution in [-0.4, -0.2) is 28.1 Å². The maximum absolute atomic E-state index is 10.2. The first-order chi connectivity index (χ1) is 6.32.